The number of nitrogens with one attached hydrogen (secondary N) is 1. The first kappa shape index (κ1) is 16.0. The number of alkyl halides is 1. The van der Waals surface area contributed by atoms with Gasteiger partial charge in [-0.2, -0.15) is 0 Å². The van der Waals surface area contributed by atoms with Crippen LogP contribution in [0.15, 0.2) is 48.5 Å². The van der Waals surface area contributed by atoms with Gasteiger partial charge >= 0.3 is 5.97 Å². The zero-order valence-corrected chi connectivity index (χ0v) is 13.0. The van der Waals surface area contributed by atoms with Crippen molar-refractivity contribution >= 4 is 29.2 Å². The number of anilines is 1. The molecule has 0 aliphatic carbocycles. The zero-order valence-electron chi connectivity index (χ0n) is 12.3. The molecule has 1 amide bonds. The molecule has 2 N–H and O–H groups in total. The van der Waals surface area contributed by atoms with Crippen LogP contribution in [0, 0.1) is 0 Å². The Bertz CT molecular complexity index is 708. The van der Waals surface area contributed by atoms with Gasteiger partial charge in [0.1, 0.15) is 0 Å². The highest BCUT2D eigenvalue weighted by molar-refractivity contribution is 6.33. The molecule has 2 rings (SSSR count). The van der Waals surface area contributed by atoms with Crippen LogP contribution in [0.25, 0.3) is 11.1 Å². The molecule has 0 fully saturated rings. The quantitative estimate of drug-likeness (QED) is 0.842. The van der Waals surface area contributed by atoms with Crippen molar-refractivity contribution in [1.29, 1.82) is 0 Å². The van der Waals surface area contributed by atoms with Crippen LogP contribution in [0.5, 0.6) is 0 Å². The van der Waals surface area contributed by atoms with E-state index in [0.29, 0.717) is 11.3 Å². The molecule has 114 valence electrons. The Hall–Kier alpha value is -2.33. The lowest BCUT2D eigenvalue weighted by Crippen LogP contribution is -2.25. The molecular formula is C17H16ClNO3. The Morgan fingerprint density at radius 2 is 1.68 bits per heavy atom. The number of hydrogen-bond donors (Lipinski definition) is 2. The van der Waals surface area contributed by atoms with Gasteiger partial charge in [-0.25, -0.2) is 4.79 Å². The number of halogens is 1. The molecule has 5 heteroatoms. The number of amides is 1. The van der Waals surface area contributed by atoms with Gasteiger partial charge in [0.25, 0.3) is 0 Å². The van der Waals surface area contributed by atoms with E-state index in [9.17, 15) is 9.59 Å². The lowest BCUT2D eigenvalue weighted by molar-refractivity contribution is -0.140. The molecule has 0 saturated carbocycles. The molecule has 0 spiro atoms. The zero-order chi connectivity index (χ0) is 16.3. The minimum absolute atomic E-state index is 0.150. The lowest BCUT2D eigenvalue weighted by atomic mass is 9.96. The number of para-hydroxylation sites is 1. The second-order valence-electron chi connectivity index (χ2n) is 5.11. The Labute approximate surface area is 133 Å². The van der Waals surface area contributed by atoms with E-state index in [0.717, 1.165) is 11.1 Å². The number of benzene rings is 2. The van der Waals surface area contributed by atoms with Crippen LogP contribution in [-0.2, 0) is 14.5 Å². The van der Waals surface area contributed by atoms with Crippen molar-refractivity contribution in [3.63, 3.8) is 0 Å². The summed E-state index contributed by atoms with van der Waals surface area (Å²) in [5.74, 6) is -1.25. The maximum absolute atomic E-state index is 11.3. The van der Waals surface area contributed by atoms with Crippen LogP contribution in [0.2, 0.25) is 0 Å². The van der Waals surface area contributed by atoms with E-state index < -0.39 is 10.8 Å². The second kappa shape index (κ2) is 6.20. The van der Waals surface area contributed by atoms with Crippen molar-refractivity contribution in [2.24, 2.45) is 0 Å². The smallest absolute Gasteiger partial charge is 0.329 e. The minimum atomic E-state index is -1.46. The molecule has 0 aliphatic rings. The van der Waals surface area contributed by atoms with Crippen molar-refractivity contribution in [3.8, 4) is 11.1 Å². The summed E-state index contributed by atoms with van der Waals surface area (Å²) in [7, 11) is 0. The third kappa shape index (κ3) is 3.28. The molecule has 2 aromatic rings. The van der Waals surface area contributed by atoms with Gasteiger partial charge in [-0.3, -0.25) is 4.79 Å². The van der Waals surface area contributed by atoms with Crippen molar-refractivity contribution in [1.82, 2.24) is 0 Å². The number of carboxylic acid groups (broad SMARTS) is 1. The second-order valence-corrected chi connectivity index (χ2v) is 5.87. The fourth-order valence-electron chi connectivity index (χ4n) is 2.12. The van der Waals surface area contributed by atoms with E-state index >= 15 is 0 Å². The van der Waals surface area contributed by atoms with Gasteiger partial charge in [-0.05, 0) is 24.1 Å². The number of aliphatic carboxylic acids is 1. The van der Waals surface area contributed by atoms with Gasteiger partial charge < -0.3 is 10.4 Å². The molecular weight excluding hydrogens is 302 g/mol. The van der Waals surface area contributed by atoms with Crippen molar-refractivity contribution in [2.75, 3.05) is 5.32 Å². The molecule has 0 heterocycles. The highest BCUT2D eigenvalue weighted by Gasteiger charge is 2.32. The third-order valence-corrected chi connectivity index (χ3v) is 3.76. The maximum Gasteiger partial charge on any atom is 0.329 e. The van der Waals surface area contributed by atoms with E-state index in [4.69, 9.17) is 16.7 Å². The predicted molar refractivity (Wildman–Crippen MR) is 87.0 cm³/mol. The van der Waals surface area contributed by atoms with Gasteiger partial charge in [-0.1, -0.05) is 42.5 Å². The minimum Gasteiger partial charge on any atom is -0.480 e. The average Bonchev–Trinajstić information content (AvgIpc) is 2.47. The van der Waals surface area contributed by atoms with Crippen LogP contribution in [-0.4, -0.2) is 17.0 Å². The van der Waals surface area contributed by atoms with E-state index in [1.807, 2.05) is 24.3 Å². The SMILES string of the molecule is CC(=O)Nc1ccccc1-c1ccc(C(C)(Cl)C(=O)O)cc1. The molecule has 0 radical (unpaired) electrons. The summed E-state index contributed by atoms with van der Waals surface area (Å²) in [5.41, 5.74) is 2.93. The summed E-state index contributed by atoms with van der Waals surface area (Å²) in [6.07, 6.45) is 0. The molecule has 1 unspecified atom stereocenters. The highest BCUT2D eigenvalue weighted by atomic mass is 35.5. The van der Waals surface area contributed by atoms with Gasteiger partial charge in [-0.15, -0.1) is 11.6 Å². The maximum atomic E-state index is 11.3. The van der Waals surface area contributed by atoms with E-state index in [-0.39, 0.29) is 5.91 Å². The van der Waals surface area contributed by atoms with Crippen LogP contribution < -0.4 is 5.32 Å². The summed E-state index contributed by atoms with van der Waals surface area (Å²) >= 11 is 6.04. The normalized spacial score (nSPS) is 13.2. The Morgan fingerprint density at radius 3 is 2.23 bits per heavy atom. The molecule has 0 bridgehead atoms. The Morgan fingerprint density at radius 1 is 1.09 bits per heavy atom. The van der Waals surface area contributed by atoms with Crippen LogP contribution in [0.1, 0.15) is 19.4 Å². The molecule has 0 aliphatic heterocycles. The average molecular weight is 318 g/mol. The lowest BCUT2D eigenvalue weighted by Gasteiger charge is -2.18. The molecule has 0 saturated heterocycles. The Balaban J connectivity index is 2.40. The molecule has 2 aromatic carbocycles. The third-order valence-electron chi connectivity index (χ3n) is 3.38. The van der Waals surface area contributed by atoms with Crippen molar-refractivity contribution in [3.05, 3.63) is 54.1 Å². The first-order chi connectivity index (χ1) is 10.3. The summed E-state index contributed by atoms with van der Waals surface area (Å²) < 4.78 is 0. The monoisotopic (exact) mass is 317 g/mol. The number of carbonyl (C=O) groups is 2. The van der Waals surface area contributed by atoms with Gasteiger partial charge in [0.15, 0.2) is 4.87 Å². The Kier molecular flexibility index (Phi) is 4.52. The summed E-state index contributed by atoms with van der Waals surface area (Å²) in [6.45, 7) is 2.89. The van der Waals surface area contributed by atoms with Crippen LogP contribution in [0.3, 0.4) is 0 Å². The molecule has 0 aromatic heterocycles. The standard InChI is InChI=1S/C17H16ClNO3/c1-11(20)19-15-6-4-3-5-14(15)12-7-9-13(10-8-12)17(2,18)16(21)22/h3-10H,1-2H3,(H,19,20)(H,21,22). The van der Waals surface area contributed by atoms with Crippen molar-refractivity contribution < 1.29 is 14.7 Å². The van der Waals surface area contributed by atoms with Gasteiger partial charge in [0, 0.05) is 18.2 Å². The van der Waals surface area contributed by atoms with Gasteiger partial charge in [0.2, 0.25) is 5.91 Å². The fourth-order valence-corrected chi connectivity index (χ4v) is 2.25. The van der Waals surface area contributed by atoms with E-state index in [1.165, 1.54) is 13.8 Å². The summed E-state index contributed by atoms with van der Waals surface area (Å²) in [5, 5.41) is 11.9. The number of carbonyl (C=O) groups excluding carboxylic acids is 1. The predicted octanol–water partition coefficient (Wildman–Crippen LogP) is 3.85. The highest BCUT2D eigenvalue weighted by Crippen LogP contribution is 2.32. The number of carboxylic acids is 1. The number of hydrogen-bond acceptors (Lipinski definition) is 2. The first-order valence-corrected chi connectivity index (χ1v) is 7.10. The first-order valence-electron chi connectivity index (χ1n) is 6.72. The van der Waals surface area contributed by atoms with E-state index in [1.54, 1.807) is 24.3 Å². The number of rotatable bonds is 4. The van der Waals surface area contributed by atoms with Crippen molar-refractivity contribution in [2.45, 2.75) is 18.7 Å². The van der Waals surface area contributed by atoms with Crippen LogP contribution in [0.4, 0.5) is 5.69 Å². The fraction of sp³-hybridized carbons (Fsp3) is 0.176. The summed E-state index contributed by atoms with van der Waals surface area (Å²) in [4.78, 5) is 21.0. The van der Waals surface area contributed by atoms with Gasteiger partial charge in [0.05, 0.1) is 0 Å². The van der Waals surface area contributed by atoms with E-state index in [2.05, 4.69) is 5.32 Å². The molecule has 1 atom stereocenters. The largest absolute Gasteiger partial charge is 0.480 e. The summed E-state index contributed by atoms with van der Waals surface area (Å²) in [6, 6.07) is 14.4. The topological polar surface area (TPSA) is 66.4 Å². The molecule has 22 heavy (non-hydrogen) atoms. The molecule has 4 nitrogen and oxygen atoms in total. The van der Waals surface area contributed by atoms with Crippen LogP contribution >= 0.6 is 11.6 Å².